The second-order valence-electron chi connectivity index (χ2n) is 3.59. The molecule has 1 aliphatic rings. The molecule has 0 spiro atoms. The van der Waals surface area contributed by atoms with E-state index in [1.807, 2.05) is 23.9 Å². The summed E-state index contributed by atoms with van der Waals surface area (Å²) in [6, 6.07) is 3.75. The van der Waals surface area contributed by atoms with E-state index in [1.165, 1.54) is 0 Å². The number of pyridine rings is 1. The molecule has 1 aromatic heterocycles. The number of hydrogen-bond donors (Lipinski definition) is 0. The number of aromatic nitrogens is 1. The molecule has 0 aliphatic carbocycles. The third kappa shape index (κ3) is 3.67. The molecule has 1 aromatic rings. The first-order valence-electron chi connectivity index (χ1n) is 5.14. The minimum absolute atomic E-state index is 0.722. The lowest BCUT2D eigenvalue weighted by molar-refractivity contribution is 0.1000. The third-order valence-electron chi connectivity index (χ3n) is 2.41. The Morgan fingerprint density at radius 2 is 2.27 bits per heavy atom. The first-order valence-corrected chi connectivity index (χ1v) is 6.57. The molecule has 15 heavy (non-hydrogen) atoms. The van der Waals surface area contributed by atoms with Crippen LogP contribution in [0.3, 0.4) is 0 Å². The molecule has 2 nitrogen and oxygen atoms in total. The maximum Gasteiger partial charge on any atom is 0.0517 e. The Hall–Kier alpha value is -0.250. The van der Waals surface area contributed by atoms with Crippen LogP contribution < -0.4 is 0 Å². The van der Waals surface area contributed by atoms with Crippen LogP contribution in [0.1, 0.15) is 18.5 Å². The van der Waals surface area contributed by atoms with Crippen LogP contribution >= 0.6 is 23.4 Å². The summed E-state index contributed by atoms with van der Waals surface area (Å²) in [5.41, 5.74) is 1.07. The van der Waals surface area contributed by atoms with Crippen LogP contribution in [0.2, 0.25) is 5.02 Å². The van der Waals surface area contributed by atoms with Gasteiger partial charge in [-0.2, -0.15) is 11.8 Å². The summed E-state index contributed by atoms with van der Waals surface area (Å²) in [4.78, 5) is 4.29. The Kier molecular flexibility index (Phi) is 4.29. The van der Waals surface area contributed by atoms with Crippen molar-refractivity contribution >= 4 is 23.4 Å². The Balaban J connectivity index is 1.81. The molecule has 0 N–H and O–H groups in total. The van der Waals surface area contributed by atoms with E-state index < -0.39 is 0 Å². The molecule has 0 amide bonds. The Morgan fingerprint density at radius 1 is 1.47 bits per heavy atom. The van der Waals surface area contributed by atoms with E-state index >= 15 is 0 Å². The largest absolute Gasteiger partial charge is 0.381 e. The van der Waals surface area contributed by atoms with Gasteiger partial charge in [0.2, 0.25) is 0 Å². The Morgan fingerprint density at radius 3 is 3.00 bits per heavy atom. The summed E-state index contributed by atoms with van der Waals surface area (Å²) in [5.74, 6) is 0.950. The van der Waals surface area contributed by atoms with Crippen molar-refractivity contribution in [1.29, 1.82) is 0 Å². The molecule has 1 aliphatic heterocycles. The number of halogens is 1. The molecule has 0 atom stereocenters. The molecule has 82 valence electrons. The van der Waals surface area contributed by atoms with Crippen LogP contribution in [0.5, 0.6) is 0 Å². The van der Waals surface area contributed by atoms with Crippen molar-refractivity contribution in [1.82, 2.24) is 4.98 Å². The van der Waals surface area contributed by atoms with Crippen LogP contribution in [0, 0.1) is 0 Å². The van der Waals surface area contributed by atoms with E-state index in [2.05, 4.69) is 4.98 Å². The van der Waals surface area contributed by atoms with Gasteiger partial charge in [-0.1, -0.05) is 11.6 Å². The fourth-order valence-electron chi connectivity index (χ4n) is 1.57. The minimum Gasteiger partial charge on any atom is -0.381 e. The van der Waals surface area contributed by atoms with Crippen molar-refractivity contribution in [2.24, 2.45) is 0 Å². The standard InChI is InChI=1S/C11H14ClNOS/c12-9-1-4-13-10(7-9)8-15-11-2-5-14-6-3-11/h1,4,7,11H,2-3,5-6,8H2. The maximum atomic E-state index is 5.90. The lowest BCUT2D eigenvalue weighted by Gasteiger charge is -2.21. The van der Waals surface area contributed by atoms with Gasteiger partial charge in [0.05, 0.1) is 5.69 Å². The average Bonchev–Trinajstić information content (AvgIpc) is 2.28. The molecule has 1 saturated heterocycles. The predicted octanol–water partition coefficient (Wildman–Crippen LogP) is 3.15. The molecular weight excluding hydrogens is 230 g/mol. The van der Waals surface area contributed by atoms with Crippen molar-refractivity contribution in [3.8, 4) is 0 Å². The molecule has 0 unspecified atom stereocenters. The summed E-state index contributed by atoms with van der Waals surface area (Å²) in [6.45, 7) is 1.81. The molecule has 0 bridgehead atoms. The van der Waals surface area contributed by atoms with Gasteiger partial charge < -0.3 is 4.74 Å². The lowest BCUT2D eigenvalue weighted by Crippen LogP contribution is -2.17. The van der Waals surface area contributed by atoms with Crippen LogP contribution in [-0.2, 0) is 10.5 Å². The van der Waals surface area contributed by atoms with Crippen LogP contribution in [0.4, 0.5) is 0 Å². The first kappa shape index (κ1) is 11.2. The van der Waals surface area contributed by atoms with Crippen LogP contribution in [0.25, 0.3) is 0 Å². The van der Waals surface area contributed by atoms with Gasteiger partial charge in [0, 0.05) is 35.4 Å². The molecule has 2 heterocycles. The number of thioether (sulfide) groups is 1. The number of ether oxygens (including phenoxy) is 1. The van der Waals surface area contributed by atoms with Crippen molar-refractivity contribution in [3.05, 3.63) is 29.0 Å². The lowest BCUT2D eigenvalue weighted by atomic mass is 10.2. The molecular formula is C11H14ClNOS. The predicted molar refractivity (Wildman–Crippen MR) is 64.4 cm³/mol. The molecule has 1 fully saturated rings. The maximum absolute atomic E-state index is 5.90. The normalized spacial score (nSPS) is 17.9. The number of nitrogens with zero attached hydrogens (tertiary/aromatic N) is 1. The molecule has 0 aromatic carbocycles. The summed E-state index contributed by atoms with van der Waals surface area (Å²) in [6.07, 6.45) is 4.08. The highest BCUT2D eigenvalue weighted by atomic mass is 35.5. The molecule has 2 rings (SSSR count). The average molecular weight is 244 g/mol. The van der Waals surface area contributed by atoms with E-state index in [9.17, 15) is 0 Å². The summed E-state index contributed by atoms with van der Waals surface area (Å²) in [7, 11) is 0. The van der Waals surface area contributed by atoms with Gasteiger partial charge in [-0.05, 0) is 25.0 Å². The fourth-order valence-corrected chi connectivity index (χ4v) is 2.85. The van der Waals surface area contributed by atoms with E-state index in [0.717, 1.165) is 47.8 Å². The van der Waals surface area contributed by atoms with Gasteiger partial charge in [-0.15, -0.1) is 0 Å². The van der Waals surface area contributed by atoms with E-state index in [4.69, 9.17) is 16.3 Å². The van der Waals surface area contributed by atoms with Crippen LogP contribution in [-0.4, -0.2) is 23.4 Å². The van der Waals surface area contributed by atoms with Gasteiger partial charge in [-0.3, -0.25) is 4.98 Å². The summed E-state index contributed by atoms with van der Waals surface area (Å²) >= 11 is 7.86. The van der Waals surface area contributed by atoms with Crippen molar-refractivity contribution in [3.63, 3.8) is 0 Å². The quantitative estimate of drug-likeness (QED) is 0.814. The van der Waals surface area contributed by atoms with E-state index in [0.29, 0.717) is 0 Å². The second-order valence-corrected chi connectivity index (χ2v) is 5.31. The SMILES string of the molecule is Clc1ccnc(CSC2CCOCC2)c1. The number of hydrogen-bond acceptors (Lipinski definition) is 3. The van der Waals surface area contributed by atoms with E-state index in [-0.39, 0.29) is 0 Å². The highest BCUT2D eigenvalue weighted by Gasteiger charge is 2.14. The molecule has 0 radical (unpaired) electrons. The van der Waals surface area contributed by atoms with Gasteiger partial charge in [-0.25, -0.2) is 0 Å². The Labute approximate surface area is 99.4 Å². The minimum atomic E-state index is 0.722. The summed E-state index contributed by atoms with van der Waals surface area (Å²) < 4.78 is 5.32. The topological polar surface area (TPSA) is 22.1 Å². The second kappa shape index (κ2) is 5.73. The van der Waals surface area contributed by atoms with Crippen LogP contribution in [0.15, 0.2) is 18.3 Å². The van der Waals surface area contributed by atoms with Gasteiger partial charge in [0.1, 0.15) is 0 Å². The van der Waals surface area contributed by atoms with Gasteiger partial charge >= 0.3 is 0 Å². The van der Waals surface area contributed by atoms with Gasteiger partial charge in [0.25, 0.3) is 0 Å². The fraction of sp³-hybridized carbons (Fsp3) is 0.545. The zero-order valence-corrected chi connectivity index (χ0v) is 10.1. The smallest absolute Gasteiger partial charge is 0.0517 e. The molecule has 0 saturated carbocycles. The number of rotatable bonds is 3. The zero-order valence-electron chi connectivity index (χ0n) is 8.49. The first-order chi connectivity index (χ1) is 7.34. The van der Waals surface area contributed by atoms with Crippen molar-refractivity contribution in [2.45, 2.75) is 23.8 Å². The highest BCUT2D eigenvalue weighted by molar-refractivity contribution is 7.99. The van der Waals surface area contributed by atoms with Crippen molar-refractivity contribution < 1.29 is 4.74 Å². The highest BCUT2D eigenvalue weighted by Crippen LogP contribution is 2.25. The van der Waals surface area contributed by atoms with Gasteiger partial charge in [0.15, 0.2) is 0 Å². The summed E-state index contributed by atoms with van der Waals surface area (Å²) in [5, 5.41) is 1.49. The Bertz CT molecular complexity index is 315. The molecule has 4 heteroatoms. The van der Waals surface area contributed by atoms with Crippen molar-refractivity contribution in [2.75, 3.05) is 13.2 Å². The van der Waals surface area contributed by atoms with E-state index in [1.54, 1.807) is 6.20 Å². The zero-order chi connectivity index (χ0) is 10.5. The monoisotopic (exact) mass is 243 g/mol. The third-order valence-corrected chi connectivity index (χ3v) is 4.05.